The second-order valence-corrected chi connectivity index (χ2v) is 5.54. The van der Waals surface area contributed by atoms with Crippen LogP contribution in [0.5, 0.6) is 0 Å². The van der Waals surface area contributed by atoms with Crippen LogP contribution < -0.4 is 5.32 Å². The number of nitrogens with one attached hydrogen (secondary N) is 1. The third-order valence-corrected chi connectivity index (χ3v) is 3.37. The molecule has 1 aliphatic heterocycles. The Morgan fingerprint density at radius 2 is 2.20 bits per heavy atom. The minimum absolute atomic E-state index is 0.0164. The van der Waals surface area contributed by atoms with Gasteiger partial charge in [0.05, 0.1) is 5.92 Å². The Hall–Kier alpha value is -2.17. The Labute approximate surface area is 117 Å². The van der Waals surface area contributed by atoms with Gasteiger partial charge < -0.3 is 9.84 Å². The molecule has 1 N–H and O–H groups in total. The summed E-state index contributed by atoms with van der Waals surface area (Å²) >= 11 is 0. The number of amides is 1. The van der Waals surface area contributed by atoms with Gasteiger partial charge in [0, 0.05) is 18.5 Å². The zero-order chi connectivity index (χ0) is 14.1. The minimum Gasteiger partial charge on any atom is -0.339 e. The van der Waals surface area contributed by atoms with E-state index in [4.69, 9.17) is 4.52 Å². The van der Waals surface area contributed by atoms with E-state index in [0.717, 1.165) is 17.7 Å². The van der Waals surface area contributed by atoms with Gasteiger partial charge >= 0.3 is 0 Å². The summed E-state index contributed by atoms with van der Waals surface area (Å²) in [6.45, 7) is 4.22. The van der Waals surface area contributed by atoms with Crippen molar-refractivity contribution in [2.24, 2.45) is 5.92 Å². The lowest BCUT2D eigenvalue weighted by molar-refractivity contribution is -0.116. The normalized spacial score (nSPS) is 17.9. The number of benzene rings is 1. The van der Waals surface area contributed by atoms with Crippen LogP contribution in [0.25, 0.3) is 0 Å². The number of nitrogens with zero attached hydrogens (tertiary/aromatic N) is 2. The molecule has 0 fully saturated rings. The summed E-state index contributed by atoms with van der Waals surface area (Å²) in [6.07, 6.45) is 1.13. The first-order valence-corrected chi connectivity index (χ1v) is 6.84. The Morgan fingerprint density at radius 3 is 3.00 bits per heavy atom. The van der Waals surface area contributed by atoms with Crippen molar-refractivity contribution in [3.63, 3.8) is 0 Å². The maximum atomic E-state index is 11.8. The van der Waals surface area contributed by atoms with Crippen LogP contribution in [0.15, 0.2) is 28.8 Å². The minimum atomic E-state index is -0.145. The SMILES string of the molecule is CC(C)Cc1noc(C2CC(=O)Nc3ccccc32)n1. The van der Waals surface area contributed by atoms with Crippen molar-refractivity contribution in [3.8, 4) is 0 Å². The molecule has 1 aromatic heterocycles. The fourth-order valence-electron chi connectivity index (χ4n) is 2.49. The first kappa shape index (κ1) is 12.8. The average molecular weight is 271 g/mol. The summed E-state index contributed by atoms with van der Waals surface area (Å²) in [4.78, 5) is 16.2. The van der Waals surface area contributed by atoms with Crippen molar-refractivity contribution in [2.75, 3.05) is 5.32 Å². The van der Waals surface area contributed by atoms with Gasteiger partial charge in [0.25, 0.3) is 0 Å². The van der Waals surface area contributed by atoms with Crippen molar-refractivity contribution in [1.82, 2.24) is 10.1 Å². The monoisotopic (exact) mass is 271 g/mol. The third kappa shape index (κ3) is 2.43. The molecule has 3 rings (SSSR count). The van der Waals surface area contributed by atoms with Crippen LogP contribution in [0.1, 0.15) is 43.5 Å². The number of hydrogen-bond acceptors (Lipinski definition) is 4. The molecular formula is C15H17N3O2. The van der Waals surface area contributed by atoms with Crippen LogP contribution in [-0.4, -0.2) is 16.0 Å². The molecule has 0 saturated heterocycles. The van der Waals surface area contributed by atoms with Crippen molar-refractivity contribution >= 4 is 11.6 Å². The van der Waals surface area contributed by atoms with Crippen LogP contribution in [0.3, 0.4) is 0 Å². The molecule has 2 aromatic rings. The maximum absolute atomic E-state index is 11.8. The molecule has 5 nitrogen and oxygen atoms in total. The largest absolute Gasteiger partial charge is 0.339 e. The molecule has 104 valence electrons. The lowest BCUT2D eigenvalue weighted by atomic mass is 9.90. The van der Waals surface area contributed by atoms with E-state index in [-0.39, 0.29) is 11.8 Å². The van der Waals surface area contributed by atoms with Gasteiger partial charge in [0.15, 0.2) is 5.82 Å². The van der Waals surface area contributed by atoms with E-state index in [1.54, 1.807) is 0 Å². The predicted octanol–water partition coefficient (Wildman–Crippen LogP) is 2.74. The van der Waals surface area contributed by atoms with E-state index in [9.17, 15) is 4.79 Å². The van der Waals surface area contributed by atoms with E-state index >= 15 is 0 Å². The Balaban J connectivity index is 1.94. The zero-order valence-electron chi connectivity index (χ0n) is 11.6. The van der Waals surface area contributed by atoms with Crippen molar-refractivity contribution in [2.45, 2.75) is 32.6 Å². The molecule has 0 spiro atoms. The molecule has 1 aliphatic rings. The second-order valence-electron chi connectivity index (χ2n) is 5.54. The molecule has 1 aromatic carbocycles. The zero-order valence-corrected chi connectivity index (χ0v) is 11.6. The van der Waals surface area contributed by atoms with E-state index in [0.29, 0.717) is 24.1 Å². The van der Waals surface area contributed by atoms with E-state index in [1.807, 2.05) is 24.3 Å². The molecule has 1 atom stereocenters. The standard InChI is InChI=1S/C15H17N3O2/c1-9(2)7-13-17-15(20-18-13)11-8-14(19)16-12-6-4-3-5-10(11)12/h3-6,9,11H,7-8H2,1-2H3,(H,16,19). The highest BCUT2D eigenvalue weighted by Crippen LogP contribution is 2.35. The first-order chi connectivity index (χ1) is 9.63. The lowest BCUT2D eigenvalue weighted by Gasteiger charge is -2.22. The van der Waals surface area contributed by atoms with Gasteiger partial charge in [0.1, 0.15) is 0 Å². The second kappa shape index (κ2) is 5.07. The van der Waals surface area contributed by atoms with E-state index in [1.165, 1.54) is 0 Å². The van der Waals surface area contributed by atoms with Gasteiger partial charge in [-0.15, -0.1) is 0 Å². The van der Waals surface area contributed by atoms with Gasteiger partial charge in [-0.3, -0.25) is 4.79 Å². The van der Waals surface area contributed by atoms with E-state index in [2.05, 4.69) is 29.3 Å². The molecule has 1 unspecified atom stereocenters. The average Bonchev–Trinajstić information content (AvgIpc) is 2.85. The summed E-state index contributed by atoms with van der Waals surface area (Å²) in [5, 5.41) is 6.88. The van der Waals surface area contributed by atoms with Crippen LogP contribution in [0.2, 0.25) is 0 Å². The number of hydrogen-bond donors (Lipinski definition) is 1. The highest BCUT2D eigenvalue weighted by molar-refractivity contribution is 5.95. The van der Waals surface area contributed by atoms with Crippen LogP contribution in [-0.2, 0) is 11.2 Å². The number of carbonyl (C=O) groups excluding carboxylic acids is 1. The molecule has 1 amide bonds. The number of anilines is 1. The first-order valence-electron chi connectivity index (χ1n) is 6.84. The quantitative estimate of drug-likeness (QED) is 0.932. The molecule has 0 bridgehead atoms. The molecule has 5 heteroatoms. The highest BCUT2D eigenvalue weighted by atomic mass is 16.5. The van der Waals surface area contributed by atoms with Gasteiger partial charge in [-0.25, -0.2) is 0 Å². The van der Waals surface area contributed by atoms with Crippen molar-refractivity contribution in [3.05, 3.63) is 41.5 Å². The van der Waals surface area contributed by atoms with Crippen LogP contribution in [0.4, 0.5) is 5.69 Å². The van der Waals surface area contributed by atoms with Gasteiger partial charge in [-0.2, -0.15) is 4.98 Å². The summed E-state index contributed by atoms with van der Waals surface area (Å²) < 4.78 is 5.37. The van der Waals surface area contributed by atoms with Crippen LogP contribution >= 0.6 is 0 Å². The molecule has 0 radical (unpaired) electrons. The molecule has 0 saturated carbocycles. The predicted molar refractivity (Wildman–Crippen MR) is 74.4 cm³/mol. The molecule has 20 heavy (non-hydrogen) atoms. The summed E-state index contributed by atoms with van der Waals surface area (Å²) in [5.41, 5.74) is 1.87. The summed E-state index contributed by atoms with van der Waals surface area (Å²) in [6, 6.07) is 7.74. The summed E-state index contributed by atoms with van der Waals surface area (Å²) in [5.74, 6) is 1.55. The Bertz CT molecular complexity index is 634. The number of carbonyl (C=O) groups is 1. The van der Waals surface area contributed by atoms with Gasteiger partial charge in [-0.1, -0.05) is 37.2 Å². The molecular weight excluding hydrogens is 254 g/mol. The topological polar surface area (TPSA) is 68.0 Å². The lowest BCUT2D eigenvalue weighted by Crippen LogP contribution is -2.23. The van der Waals surface area contributed by atoms with Crippen molar-refractivity contribution < 1.29 is 9.32 Å². The maximum Gasteiger partial charge on any atom is 0.234 e. The molecule has 2 heterocycles. The van der Waals surface area contributed by atoms with Crippen molar-refractivity contribution in [1.29, 1.82) is 0 Å². The molecule has 0 aliphatic carbocycles. The van der Waals surface area contributed by atoms with Crippen LogP contribution in [0, 0.1) is 5.92 Å². The number of para-hydroxylation sites is 1. The fourth-order valence-corrected chi connectivity index (χ4v) is 2.49. The Morgan fingerprint density at radius 1 is 1.40 bits per heavy atom. The highest BCUT2D eigenvalue weighted by Gasteiger charge is 2.30. The van der Waals surface area contributed by atoms with Gasteiger partial charge in [-0.05, 0) is 17.5 Å². The number of rotatable bonds is 3. The number of aromatic nitrogens is 2. The summed E-state index contributed by atoms with van der Waals surface area (Å²) in [7, 11) is 0. The smallest absolute Gasteiger partial charge is 0.234 e. The van der Waals surface area contributed by atoms with E-state index < -0.39 is 0 Å². The fraction of sp³-hybridized carbons (Fsp3) is 0.400. The number of fused-ring (bicyclic) bond motifs is 1. The van der Waals surface area contributed by atoms with Gasteiger partial charge in [0.2, 0.25) is 11.8 Å². The Kier molecular flexibility index (Phi) is 3.26. The third-order valence-electron chi connectivity index (χ3n) is 3.37.